The zero-order valence-corrected chi connectivity index (χ0v) is 19.4. The van der Waals surface area contributed by atoms with Gasteiger partial charge in [-0.2, -0.15) is 26.3 Å². The molecule has 202 valence electrons. The normalized spacial score (nSPS) is 11.2. The molecule has 1 aromatic carbocycles. The molecule has 0 aliphatic carbocycles. The van der Waals surface area contributed by atoms with Crippen LogP contribution in [0.5, 0.6) is 0 Å². The Labute approximate surface area is 211 Å². The lowest BCUT2D eigenvalue weighted by atomic mass is 10.1. The molecule has 3 heterocycles. The number of primary amides is 1. The number of amides is 1. The van der Waals surface area contributed by atoms with Gasteiger partial charge in [0.1, 0.15) is 0 Å². The van der Waals surface area contributed by atoms with Crippen LogP contribution >= 0.6 is 11.3 Å². The summed E-state index contributed by atoms with van der Waals surface area (Å²) in [6, 6.07) is 14.9. The van der Waals surface area contributed by atoms with Crippen LogP contribution in [0.1, 0.15) is 15.4 Å². The van der Waals surface area contributed by atoms with Gasteiger partial charge >= 0.3 is 24.3 Å². The van der Waals surface area contributed by atoms with Gasteiger partial charge in [0.15, 0.2) is 0 Å². The number of hydrogen-bond donors (Lipinski definition) is 3. The predicted molar refractivity (Wildman–Crippen MR) is 123 cm³/mol. The summed E-state index contributed by atoms with van der Waals surface area (Å²) in [7, 11) is 0. The van der Waals surface area contributed by atoms with Crippen LogP contribution in [0.25, 0.3) is 21.0 Å². The van der Waals surface area contributed by atoms with Crippen molar-refractivity contribution in [3.63, 3.8) is 0 Å². The largest absolute Gasteiger partial charge is 0.490 e. The van der Waals surface area contributed by atoms with E-state index in [1.54, 1.807) is 16.8 Å². The number of carbonyl (C=O) groups is 3. The van der Waals surface area contributed by atoms with E-state index < -0.39 is 30.2 Å². The SMILES string of the molecule is NC(=O)c1cc2c(=O)n(Cc3ccccn3)c3ccccc3c2s1.O=C(O)C(F)(F)F.O=C(O)C(F)(F)F. The molecule has 0 saturated heterocycles. The highest BCUT2D eigenvalue weighted by Crippen LogP contribution is 2.30. The van der Waals surface area contributed by atoms with Crippen LogP contribution in [0, 0.1) is 0 Å². The minimum atomic E-state index is -5.08. The van der Waals surface area contributed by atoms with Gasteiger partial charge in [-0.15, -0.1) is 11.3 Å². The highest BCUT2D eigenvalue weighted by Gasteiger charge is 2.38. The van der Waals surface area contributed by atoms with Crippen LogP contribution in [0.3, 0.4) is 0 Å². The van der Waals surface area contributed by atoms with Crippen molar-refractivity contribution in [2.75, 3.05) is 0 Å². The Morgan fingerprint density at radius 3 is 1.89 bits per heavy atom. The number of benzene rings is 1. The van der Waals surface area contributed by atoms with Gasteiger partial charge in [-0.05, 0) is 24.3 Å². The number of halogens is 6. The summed E-state index contributed by atoms with van der Waals surface area (Å²) in [6.07, 6.45) is -8.46. The molecule has 38 heavy (non-hydrogen) atoms. The van der Waals surface area contributed by atoms with E-state index in [4.69, 9.17) is 25.5 Å². The Kier molecular flexibility index (Phi) is 9.18. The first kappa shape index (κ1) is 29.8. The summed E-state index contributed by atoms with van der Waals surface area (Å²) < 4.78 is 66.0. The lowest BCUT2D eigenvalue weighted by Gasteiger charge is -2.10. The van der Waals surface area contributed by atoms with Crippen molar-refractivity contribution in [3.05, 3.63) is 75.7 Å². The van der Waals surface area contributed by atoms with Gasteiger partial charge in [-0.25, -0.2) is 9.59 Å². The maximum absolute atomic E-state index is 13.0. The van der Waals surface area contributed by atoms with E-state index in [-0.39, 0.29) is 5.56 Å². The number of carbonyl (C=O) groups excluding carboxylic acids is 1. The molecule has 0 atom stereocenters. The van der Waals surface area contributed by atoms with E-state index in [2.05, 4.69) is 4.98 Å². The standard InChI is InChI=1S/C18H13N3O2S.2C2HF3O2/c19-17(22)15-9-13-16(24-15)12-6-1-2-7-14(12)21(18(13)23)10-11-5-3-4-8-20-11;2*3-2(4,5)1(6)7/h1-9H,10H2,(H2,19,22);2*(H,6,7). The van der Waals surface area contributed by atoms with E-state index in [9.17, 15) is 35.9 Å². The Balaban J connectivity index is 0.000000301. The number of nitrogens with zero attached hydrogens (tertiary/aromatic N) is 2. The molecule has 0 saturated carbocycles. The number of hydrogen-bond acceptors (Lipinski definition) is 6. The molecule has 4 N–H and O–H groups in total. The van der Waals surface area contributed by atoms with Crippen molar-refractivity contribution in [3.8, 4) is 0 Å². The van der Waals surface area contributed by atoms with Gasteiger partial charge in [-0.3, -0.25) is 14.6 Å². The van der Waals surface area contributed by atoms with Crippen molar-refractivity contribution in [2.24, 2.45) is 5.73 Å². The molecular formula is C22H15F6N3O6S. The summed E-state index contributed by atoms with van der Waals surface area (Å²) in [5, 5.41) is 15.7. The summed E-state index contributed by atoms with van der Waals surface area (Å²) >= 11 is 1.26. The molecule has 0 bridgehead atoms. The maximum Gasteiger partial charge on any atom is 0.490 e. The Hall–Kier alpha value is -4.47. The number of rotatable bonds is 3. The number of carboxylic acids is 2. The second kappa shape index (κ2) is 11.7. The molecule has 4 rings (SSSR count). The summed E-state index contributed by atoms with van der Waals surface area (Å²) in [4.78, 5) is 47.0. The molecule has 0 aliphatic rings. The number of para-hydroxylation sites is 1. The van der Waals surface area contributed by atoms with Crippen LogP contribution in [0.2, 0.25) is 0 Å². The third-order valence-electron chi connectivity index (χ3n) is 4.42. The first-order chi connectivity index (χ1) is 17.5. The Bertz CT molecular complexity index is 1510. The average molecular weight is 563 g/mol. The molecule has 0 spiro atoms. The number of aromatic nitrogens is 2. The van der Waals surface area contributed by atoms with Gasteiger partial charge in [0.05, 0.1) is 28.0 Å². The quantitative estimate of drug-likeness (QED) is 0.318. The van der Waals surface area contributed by atoms with Gasteiger partial charge in [0.2, 0.25) is 0 Å². The van der Waals surface area contributed by atoms with Gasteiger partial charge in [-0.1, -0.05) is 24.3 Å². The van der Waals surface area contributed by atoms with E-state index in [1.165, 1.54) is 11.3 Å². The summed E-state index contributed by atoms with van der Waals surface area (Å²) in [5.41, 5.74) is 6.86. The van der Waals surface area contributed by atoms with Crippen molar-refractivity contribution in [1.29, 1.82) is 0 Å². The molecule has 0 fully saturated rings. The fourth-order valence-corrected chi connectivity index (χ4v) is 3.87. The smallest absolute Gasteiger partial charge is 0.475 e. The van der Waals surface area contributed by atoms with Crippen LogP contribution in [-0.2, 0) is 16.1 Å². The molecule has 16 heteroatoms. The van der Waals surface area contributed by atoms with E-state index in [1.807, 2.05) is 42.5 Å². The zero-order chi connectivity index (χ0) is 28.8. The maximum atomic E-state index is 13.0. The van der Waals surface area contributed by atoms with E-state index in [0.717, 1.165) is 21.3 Å². The molecule has 4 aromatic rings. The average Bonchev–Trinajstić information content (AvgIpc) is 3.28. The Morgan fingerprint density at radius 2 is 1.42 bits per heavy atom. The first-order valence-corrected chi connectivity index (χ1v) is 10.7. The number of fused-ring (bicyclic) bond motifs is 3. The second-order valence-corrected chi connectivity index (χ2v) is 8.11. The summed E-state index contributed by atoms with van der Waals surface area (Å²) in [6.45, 7) is 0.373. The number of thiophene rings is 1. The van der Waals surface area contributed by atoms with Crippen molar-refractivity contribution in [1.82, 2.24) is 9.55 Å². The Morgan fingerprint density at radius 1 is 0.895 bits per heavy atom. The van der Waals surface area contributed by atoms with E-state index >= 15 is 0 Å². The van der Waals surface area contributed by atoms with Crippen molar-refractivity contribution < 1.29 is 50.9 Å². The molecular weight excluding hydrogens is 548 g/mol. The van der Waals surface area contributed by atoms with Crippen LogP contribution < -0.4 is 11.3 Å². The third-order valence-corrected chi connectivity index (χ3v) is 5.60. The fourth-order valence-electron chi connectivity index (χ4n) is 2.84. The molecule has 0 radical (unpaired) electrons. The molecule has 0 unspecified atom stereocenters. The highest BCUT2D eigenvalue weighted by atomic mass is 32.1. The second-order valence-electron chi connectivity index (χ2n) is 7.05. The summed E-state index contributed by atoms with van der Waals surface area (Å²) in [5.74, 6) is -6.03. The zero-order valence-electron chi connectivity index (χ0n) is 18.6. The molecule has 3 aromatic heterocycles. The lowest BCUT2D eigenvalue weighted by Crippen LogP contribution is -2.21. The third kappa shape index (κ3) is 7.52. The highest BCUT2D eigenvalue weighted by molar-refractivity contribution is 7.21. The number of pyridine rings is 2. The predicted octanol–water partition coefficient (Wildman–Crippen LogP) is 4.03. The van der Waals surface area contributed by atoms with Gasteiger partial charge in [0, 0.05) is 16.3 Å². The lowest BCUT2D eigenvalue weighted by molar-refractivity contribution is -0.193. The topological polar surface area (TPSA) is 153 Å². The van der Waals surface area contributed by atoms with Crippen LogP contribution in [0.4, 0.5) is 26.3 Å². The monoisotopic (exact) mass is 563 g/mol. The van der Waals surface area contributed by atoms with Gasteiger partial charge < -0.3 is 20.5 Å². The van der Waals surface area contributed by atoms with Gasteiger partial charge in [0.25, 0.3) is 11.5 Å². The van der Waals surface area contributed by atoms with Crippen LogP contribution in [0.15, 0.2) is 59.5 Å². The van der Waals surface area contributed by atoms with Crippen molar-refractivity contribution >= 4 is 50.2 Å². The first-order valence-electron chi connectivity index (χ1n) is 9.89. The number of aliphatic carboxylic acids is 2. The van der Waals surface area contributed by atoms with Crippen molar-refractivity contribution in [2.45, 2.75) is 18.9 Å². The number of alkyl halides is 6. The number of nitrogens with two attached hydrogens (primary N) is 1. The molecule has 0 aliphatic heterocycles. The fraction of sp³-hybridized carbons (Fsp3) is 0.136. The minimum Gasteiger partial charge on any atom is -0.475 e. The van der Waals surface area contributed by atoms with E-state index in [0.29, 0.717) is 16.8 Å². The molecule has 9 nitrogen and oxygen atoms in total. The number of carboxylic acid groups (broad SMARTS) is 2. The molecule has 1 amide bonds. The minimum absolute atomic E-state index is 0.141. The van der Waals surface area contributed by atoms with Crippen LogP contribution in [-0.4, -0.2) is 50.0 Å².